The maximum absolute atomic E-state index is 13.2. The number of amides is 1. The van der Waals surface area contributed by atoms with Crippen LogP contribution in [0.3, 0.4) is 0 Å². The van der Waals surface area contributed by atoms with E-state index in [1.54, 1.807) is 12.1 Å². The number of nitrogens with one attached hydrogen (secondary N) is 1. The highest BCUT2D eigenvalue weighted by molar-refractivity contribution is 7.89. The van der Waals surface area contributed by atoms with Gasteiger partial charge in [0.1, 0.15) is 12.4 Å². The van der Waals surface area contributed by atoms with Crippen LogP contribution in [-0.2, 0) is 19.5 Å². The average Bonchev–Trinajstić information content (AvgIpc) is 2.87. The lowest BCUT2D eigenvalue weighted by molar-refractivity contribution is 0.0730. The van der Waals surface area contributed by atoms with E-state index in [0.29, 0.717) is 70.5 Å². The molecule has 1 amide bonds. The largest absolute Gasteiger partial charge is 0.492 e. The van der Waals surface area contributed by atoms with E-state index in [1.165, 1.54) is 10.4 Å². The van der Waals surface area contributed by atoms with Gasteiger partial charge in [-0.25, -0.2) is 8.42 Å². The summed E-state index contributed by atoms with van der Waals surface area (Å²) in [5, 5.41) is 2.87. The molecule has 9 nitrogen and oxygen atoms in total. The summed E-state index contributed by atoms with van der Waals surface area (Å²) in [4.78, 5) is 15.3. The van der Waals surface area contributed by atoms with Crippen LogP contribution in [-0.4, -0.2) is 84.4 Å². The Labute approximate surface area is 200 Å². The Balaban J connectivity index is 1.51. The number of nitrogens with zero attached hydrogens (tertiary/aromatic N) is 2. The molecule has 2 aromatic rings. The molecule has 0 aromatic heterocycles. The molecule has 0 unspecified atom stereocenters. The molecule has 2 aliphatic rings. The number of rotatable bonds is 8. The topological polar surface area (TPSA) is 97.4 Å². The summed E-state index contributed by atoms with van der Waals surface area (Å²) in [5.74, 6) is 0.398. The van der Waals surface area contributed by atoms with Gasteiger partial charge >= 0.3 is 0 Å². The lowest BCUT2D eigenvalue weighted by Crippen LogP contribution is -2.41. The first kappa shape index (κ1) is 24.5. The Hall–Kier alpha value is -2.66. The van der Waals surface area contributed by atoms with E-state index >= 15 is 0 Å². The molecule has 184 valence electrons. The van der Waals surface area contributed by atoms with Crippen molar-refractivity contribution in [2.45, 2.75) is 11.8 Å². The van der Waals surface area contributed by atoms with Gasteiger partial charge in [0, 0.05) is 31.9 Å². The van der Waals surface area contributed by atoms with E-state index in [1.807, 2.05) is 36.1 Å². The van der Waals surface area contributed by atoms with E-state index in [2.05, 4.69) is 5.32 Å². The fourth-order valence-electron chi connectivity index (χ4n) is 4.01. The molecule has 34 heavy (non-hydrogen) atoms. The van der Waals surface area contributed by atoms with Crippen LogP contribution in [0.15, 0.2) is 47.4 Å². The van der Waals surface area contributed by atoms with Gasteiger partial charge in [0.05, 0.1) is 43.4 Å². The van der Waals surface area contributed by atoms with Gasteiger partial charge in [-0.1, -0.05) is 12.1 Å². The Kier molecular flexibility index (Phi) is 8.04. The van der Waals surface area contributed by atoms with E-state index in [9.17, 15) is 13.2 Å². The van der Waals surface area contributed by atoms with Crippen LogP contribution in [0.4, 0.5) is 5.69 Å². The molecule has 1 N–H and O–H groups in total. The van der Waals surface area contributed by atoms with Crippen molar-refractivity contribution in [1.82, 2.24) is 9.62 Å². The van der Waals surface area contributed by atoms with Gasteiger partial charge in [-0.2, -0.15) is 4.31 Å². The summed E-state index contributed by atoms with van der Waals surface area (Å²) in [5.41, 5.74) is 2.11. The van der Waals surface area contributed by atoms with E-state index in [0.717, 1.165) is 11.3 Å². The maximum atomic E-state index is 13.2. The Bertz CT molecular complexity index is 1100. The fourth-order valence-corrected chi connectivity index (χ4v) is 5.44. The lowest BCUT2D eigenvalue weighted by atomic mass is 10.1. The van der Waals surface area contributed by atoms with Crippen molar-refractivity contribution in [2.75, 3.05) is 70.7 Å². The Morgan fingerprint density at radius 3 is 2.41 bits per heavy atom. The molecule has 0 radical (unpaired) electrons. The average molecular weight is 490 g/mol. The van der Waals surface area contributed by atoms with Gasteiger partial charge in [0.25, 0.3) is 5.91 Å². The third-order valence-corrected chi connectivity index (χ3v) is 7.71. The molecule has 2 fully saturated rings. The fraction of sp³-hybridized carbons (Fsp3) is 0.458. The summed E-state index contributed by atoms with van der Waals surface area (Å²) >= 11 is 0. The van der Waals surface area contributed by atoms with Crippen molar-refractivity contribution in [3.63, 3.8) is 0 Å². The van der Waals surface area contributed by atoms with Crippen LogP contribution in [0.1, 0.15) is 15.9 Å². The highest BCUT2D eigenvalue weighted by Gasteiger charge is 2.29. The third kappa shape index (κ3) is 5.87. The lowest BCUT2D eigenvalue weighted by Gasteiger charge is -2.31. The molecular weight excluding hydrogens is 458 g/mol. The maximum Gasteiger partial charge on any atom is 0.253 e. The van der Waals surface area contributed by atoms with Crippen LogP contribution >= 0.6 is 0 Å². The SMILES string of the molecule is Cc1cccc(OCCNC(=O)c2cc(S(=O)(=O)N3CCOCC3)ccc2N2CCOCC2)c1. The molecule has 0 saturated carbocycles. The highest BCUT2D eigenvalue weighted by Crippen LogP contribution is 2.27. The molecule has 0 atom stereocenters. The minimum atomic E-state index is -3.73. The number of carbonyl (C=O) groups excluding carboxylic acids is 1. The van der Waals surface area contributed by atoms with Gasteiger partial charge < -0.3 is 24.4 Å². The van der Waals surface area contributed by atoms with Crippen LogP contribution in [0.2, 0.25) is 0 Å². The smallest absolute Gasteiger partial charge is 0.253 e. The van der Waals surface area contributed by atoms with Crippen molar-refractivity contribution in [3.8, 4) is 5.75 Å². The Morgan fingerprint density at radius 2 is 1.71 bits per heavy atom. The van der Waals surface area contributed by atoms with E-state index in [-0.39, 0.29) is 17.3 Å². The molecule has 2 aliphatic heterocycles. The minimum absolute atomic E-state index is 0.104. The first-order valence-electron chi connectivity index (χ1n) is 11.5. The number of aryl methyl sites for hydroxylation is 1. The number of sulfonamides is 1. The number of anilines is 1. The van der Waals surface area contributed by atoms with Gasteiger partial charge in [-0.05, 0) is 42.8 Å². The van der Waals surface area contributed by atoms with Crippen LogP contribution in [0.5, 0.6) is 5.75 Å². The van der Waals surface area contributed by atoms with Gasteiger partial charge in [0.15, 0.2) is 0 Å². The number of carbonyl (C=O) groups is 1. The normalized spacial score (nSPS) is 17.4. The van der Waals surface area contributed by atoms with Gasteiger partial charge in [0.2, 0.25) is 10.0 Å². The number of benzene rings is 2. The second kappa shape index (κ2) is 11.2. The Morgan fingerprint density at radius 1 is 1.00 bits per heavy atom. The van der Waals surface area contributed by atoms with Gasteiger partial charge in [-0.15, -0.1) is 0 Å². The zero-order valence-corrected chi connectivity index (χ0v) is 20.2. The van der Waals surface area contributed by atoms with Crippen molar-refractivity contribution in [1.29, 1.82) is 0 Å². The quantitative estimate of drug-likeness (QED) is 0.564. The van der Waals surface area contributed by atoms with Crippen molar-refractivity contribution in [2.24, 2.45) is 0 Å². The van der Waals surface area contributed by atoms with Crippen molar-refractivity contribution in [3.05, 3.63) is 53.6 Å². The zero-order chi connectivity index (χ0) is 24.0. The summed E-state index contributed by atoms with van der Waals surface area (Å²) in [7, 11) is -3.73. The van der Waals surface area contributed by atoms with Crippen LogP contribution < -0.4 is 15.0 Å². The monoisotopic (exact) mass is 489 g/mol. The van der Waals surface area contributed by atoms with Crippen molar-refractivity contribution >= 4 is 21.6 Å². The van der Waals surface area contributed by atoms with Gasteiger partial charge in [-0.3, -0.25) is 4.79 Å². The molecular formula is C24H31N3O6S. The molecule has 0 spiro atoms. The molecule has 2 heterocycles. The molecule has 0 aliphatic carbocycles. The first-order chi connectivity index (χ1) is 16.4. The number of morpholine rings is 2. The third-order valence-electron chi connectivity index (χ3n) is 5.82. The number of hydrogen-bond acceptors (Lipinski definition) is 7. The van der Waals surface area contributed by atoms with E-state index < -0.39 is 10.0 Å². The highest BCUT2D eigenvalue weighted by atomic mass is 32.2. The van der Waals surface area contributed by atoms with Crippen LogP contribution in [0.25, 0.3) is 0 Å². The molecule has 4 rings (SSSR count). The standard InChI is InChI=1S/C24H31N3O6S/c1-19-3-2-4-20(17-19)33-12-7-25-24(28)22-18-21(34(29,30)27-10-15-32-16-11-27)5-6-23(22)26-8-13-31-14-9-26/h2-6,17-18H,7-16H2,1H3,(H,25,28). The minimum Gasteiger partial charge on any atom is -0.492 e. The summed E-state index contributed by atoms with van der Waals surface area (Å²) in [6.07, 6.45) is 0. The first-order valence-corrected chi connectivity index (χ1v) is 12.9. The van der Waals surface area contributed by atoms with E-state index in [4.69, 9.17) is 14.2 Å². The molecule has 0 bridgehead atoms. The predicted molar refractivity (Wildman–Crippen MR) is 128 cm³/mol. The molecule has 10 heteroatoms. The number of ether oxygens (including phenoxy) is 3. The summed E-state index contributed by atoms with van der Waals surface area (Å²) in [6.45, 7) is 6.26. The van der Waals surface area contributed by atoms with Crippen LogP contribution in [0, 0.1) is 6.92 Å². The molecule has 2 saturated heterocycles. The molecule has 2 aromatic carbocycles. The zero-order valence-electron chi connectivity index (χ0n) is 19.4. The predicted octanol–water partition coefficient (Wildman–Crippen LogP) is 1.66. The second-order valence-electron chi connectivity index (χ2n) is 8.22. The summed E-state index contributed by atoms with van der Waals surface area (Å²) < 4.78 is 44.2. The second-order valence-corrected chi connectivity index (χ2v) is 10.2. The number of hydrogen-bond donors (Lipinski definition) is 1. The summed E-state index contributed by atoms with van der Waals surface area (Å²) in [6, 6.07) is 12.5. The van der Waals surface area contributed by atoms with Crippen molar-refractivity contribution < 1.29 is 27.4 Å².